The van der Waals surface area contributed by atoms with Crippen molar-refractivity contribution in [1.82, 2.24) is 30.5 Å². The molecule has 1 amide bonds. The summed E-state index contributed by atoms with van der Waals surface area (Å²) in [5, 5.41) is 14.9. The zero-order valence-corrected chi connectivity index (χ0v) is 12.6. The zero-order chi connectivity index (χ0) is 16.1. The molecule has 0 aliphatic carbocycles. The number of carbonyl (C=O) groups is 1. The van der Waals surface area contributed by atoms with Crippen molar-refractivity contribution in [2.24, 2.45) is 0 Å². The highest BCUT2D eigenvalue weighted by molar-refractivity contribution is 5.76. The molecule has 0 aliphatic rings. The molecule has 0 saturated carbocycles. The second kappa shape index (κ2) is 6.78. The molecule has 0 fully saturated rings. The van der Waals surface area contributed by atoms with E-state index >= 15 is 0 Å². The molecule has 7 heteroatoms. The van der Waals surface area contributed by atoms with E-state index in [-0.39, 0.29) is 18.5 Å². The predicted octanol–water partition coefficient (Wildman–Crippen LogP) is 1.61. The minimum Gasteiger partial charge on any atom is -0.348 e. The van der Waals surface area contributed by atoms with E-state index in [9.17, 15) is 4.79 Å². The average Bonchev–Trinajstić information content (AvgIpc) is 3.04. The van der Waals surface area contributed by atoms with E-state index in [1.807, 2.05) is 43.3 Å². The van der Waals surface area contributed by atoms with E-state index in [4.69, 9.17) is 0 Å². The summed E-state index contributed by atoms with van der Waals surface area (Å²) in [5.74, 6) is 0.276. The largest absolute Gasteiger partial charge is 0.348 e. The Balaban J connectivity index is 1.61. The van der Waals surface area contributed by atoms with Gasteiger partial charge in [-0.3, -0.25) is 9.78 Å². The Morgan fingerprint density at radius 1 is 1.22 bits per heavy atom. The molecular formula is C16H16N6O. The normalized spacial score (nSPS) is 11.9. The first kappa shape index (κ1) is 14.8. The lowest BCUT2D eigenvalue weighted by atomic mass is 10.1. The predicted molar refractivity (Wildman–Crippen MR) is 84.0 cm³/mol. The van der Waals surface area contributed by atoms with Crippen LogP contribution in [0.3, 0.4) is 0 Å². The van der Waals surface area contributed by atoms with Gasteiger partial charge in [0.15, 0.2) is 0 Å². The summed E-state index contributed by atoms with van der Waals surface area (Å²) < 4.78 is 0. The van der Waals surface area contributed by atoms with Crippen LogP contribution in [0.1, 0.15) is 18.5 Å². The van der Waals surface area contributed by atoms with Crippen molar-refractivity contribution >= 4 is 5.91 Å². The van der Waals surface area contributed by atoms with Gasteiger partial charge in [0.05, 0.1) is 6.04 Å². The molecule has 1 aromatic carbocycles. The van der Waals surface area contributed by atoms with Gasteiger partial charge in [0.2, 0.25) is 11.7 Å². The third-order valence-electron chi connectivity index (χ3n) is 3.33. The summed E-state index contributed by atoms with van der Waals surface area (Å²) in [5.41, 5.74) is 1.81. The third kappa shape index (κ3) is 3.76. The summed E-state index contributed by atoms with van der Waals surface area (Å²) in [6.45, 7) is 1.95. The Bertz CT molecular complexity index is 772. The van der Waals surface area contributed by atoms with E-state index in [1.54, 1.807) is 18.5 Å². The topological polar surface area (TPSA) is 85.6 Å². The number of hydrogen-bond acceptors (Lipinski definition) is 5. The Morgan fingerprint density at radius 2 is 2.04 bits per heavy atom. The molecular weight excluding hydrogens is 292 g/mol. The molecule has 0 aliphatic heterocycles. The lowest BCUT2D eigenvalue weighted by Crippen LogP contribution is -2.30. The van der Waals surface area contributed by atoms with Crippen LogP contribution < -0.4 is 5.32 Å². The van der Waals surface area contributed by atoms with Crippen LogP contribution in [0.2, 0.25) is 0 Å². The van der Waals surface area contributed by atoms with Gasteiger partial charge in [0.25, 0.3) is 0 Å². The standard InChI is InChI=1S/C16H16N6O/c1-12(13-6-3-2-4-7-13)18-15(23)11-22-20-16(19-21-22)14-8-5-9-17-10-14/h2-10,12H,11H2,1H3,(H,18,23). The number of hydrogen-bond donors (Lipinski definition) is 1. The van der Waals surface area contributed by atoms with Crippen LogP contribution in [0, 0.1) is 0 Å². The molecule has 3 aromatic rings. The van der Waals surface area contributed by atoms with Crippen LogP contribution in [0.15, 0.2) is 54.9 Å². The van der Waals surface area contributed by atoms with Crippen molar-refractivity contribution in [3.63, 3.8) is 0 Å². The number of tetrazole rings is 1. The molecule has 2 heterocycles. The first-order valence-corrected chi connectivity index (χ1v) is 7.25. The summed E-state index contributed by atoms with van der Waals surface area (Å²) in [6.07, 6.45) is 3.32. The Hall–Kier alpha value is -3.09. The third-order valence-corrected chi connectivity index (χ3v) is 3.33. The fraction of sp³-hybridized carbons (Fsp3) is 0.188. The maximum Gasteiger partial charge on any atom is 0.244 e. The second-order valence-corrected chi connectivity index (χ2v) is 5.09. The highest BCUT2D eigenvalue weighted by Gasteiger charge is 2.12. The number of nitrogens with zero attached hydrogens (tertiary/aromatic N) is 5. The Morgan fingerprint density at radius 3 is 2.78 bits per heavy atom. The zero-order valence-electron chi connectivity index (χ0n) is 12.6. The van der Waals surface area contributed by atoms with Gasteiger partial charge < -0.3 is 5.32 Å². The van der Waals surface area contributed by atoms with Crippen LogP contribution in [-0.4, -0.2) is 31.1 Å². The average molecular weight is 308 g/mol. The van der Waals surface area contributed by atoms with Gasteiger partial charge >= 0.3 is 0 Å². The van der Waals surface area contributed by atoms with Gasteiger partial charge in [-0.2, -0.15) is 4.80 Å². The van der Waals surface area contributed by atoms with E-state index in [1.165, 1.54) is 4.80 Å². The van der Waals surface area contributed by atoms with E-state index in [2.05, 4.69) is 25.7 Å². The SMILES string of the molecule is CC(NC(=O)Cn1nnc(-c2cccnc2)n1)c1ccccc1. The van der Waals surface area contributed by atoms with Crippen molar-refractivity contribution in [1.29, 1.82) is 0 Å². The maximum absolute atomic E-state index is 12.1. The molecule has 0 spiro atoms. The summed E-state index contributed by atoms with van der Waals surface area (Å²) in [6, 6.07) is 13.3. The van der Waals surface area contributed by atoms with Crippen LogP contribution in [0.4, 0.5) is 0 Å². The highest BCUT2D eigenvalue weighted by atomic mass is 16.2. The number of pyridine rings is 1. The summed E-state index contributed by atoms with van der Waals surface area (Å²) >= 11 is 0. The fourth-order valence-corrected chi connectivity index (χ4v) is 2.16. The van der Waals surface area contributed by atoms with Crippen molar-refractivity contribution < 1.29 is 4.79 Å². The van der Waals surface area contributed by atoms with E-state index in [0.717, 1.165) is 11.1 Å². The van der Waals surface area contributed by atoms with E-state index in [0.29, 0.717) is 5.82 Å². The van der Waals surface area contributed by atoms with Crippen molar-refractivity contribution in [2.75, 3.05) is 0 Å². The van der Waals surface area contributed by atoms with E-state index < -0.39 is 0 Å². The maximum atomic E-state index is 12.1. The number of carbonyl (C=O) groups excluding carboxylic acids is 1. The minimum atomic E-state index is -0.170. The molecule has 0 saturated heterocycles. The van der Waals surface area contributed by atoms with Crippen LogP contribution in [-0.2, 0) is 11.3 Å². The van der Waals surface area contributed by atoms with Gasteiger partial charge in [-0.25, -0.2) is 0 Å². The summed E-state index contributed by atoms with van der Waals surface area (Å²) in [7, 11) is 0. The quantitative estimate of drug-likeness (QED) is 0.774. The second-order valence-electron chi connectivity index (χ2n) is 5.09. The van der Waals surface area contributed by atoms with Crippen molar-refractivity contribution in [2.45, 2.75) is 19.5 Å². The lowest BCUT2D eigenvalue weighted by Gasteiger charge is -2.13. The lowest BCUT2D eigenvalue weighted by molar-refractivity contribution is -0.122. The summed E-state index contributed by atoms with van der Waals surface area (Å²) in [4.78, 5) is 17.4. The van der Waals surface area contributed by atoms with Crippen LogP contribution >= 0.6 is 0 Å². The number of nitrogens with one attached hydrogen (secondary N) is 1. The van der Waals surface area contributed by atoms with Gasteiger partial charge in [-0.15, -0.1) is 10.2 Å². The Kier molecular flexibility index (Phi) is 4.37. The van der Waals surface area contributed by atoms with Crippen LogP contribution in [0.25, 0.3) is 11.4 Å². The smallest absolute Gasteiger partial charge is 0.244 e. The molecule has 7 nitrogen and oxygen atoms in total. The van der Waals surface area contributed by atoms with Crippen molar-refractivity contribution in [3.8, 4) is 11.4 Å². The highest BCUT2D eigenvalue weighted by Crippen LogP contribution is 2.12. The number of amides is 1. The first-order valence-electron chi connectivity index (χ1n) is 7.25. The van der Waals surface area contributed by atoms with Gasteiger partial charge in [-0.05, 0) is 29.8 Å². The minimum absolute atomic E-state index is 0.0183. The molecule has 0 radical (unpaired) electrons. The van der Waals surface area contributed by atoms with Gasteiger partial charge in [0.1, 0.15) is 6.54 Å². The molecule has 2 aromatic heterocycles. The molecule has 1 N–H and O–H groups in total. The first-order chi connectivity index (χ1) is 11.2. The molecule has 3 rings (SSSR count). The molecule has 116 valence electrons. The molecule has 23 heavy (non-hydrogen) atoms. The number of rotatable bonds is 5. The van der Waals surface area contributed by atoms with Crippen molar-refractivity contribution in [3.05, 3.63) is 60.4 Å². The fourth-order valence-electron chi connectivity index (χ4n) is 2.16. The molecule has 0 bridgehead atoms. The van der Waals surface area contributed by atoms with Crippen LogP contribution in [0.5, 0.6) is 0 Å². The monoisotopic (exact) mass is 308 g/mol. The molecule has 1 atom stereocenters. The van der Waals surface area contributed by atoms with Gasteiger partial charge in [-0.1, -0.05) is 30.3 Å². The van der Waals surface area contributed by atoms with Gasteiger partial charge in [0, 0.05) is 18.0 Å². The number of benzene rings is 1. The number of aromatic nitrogens is 5. The Labute approximate surface area is 133 Å². The molecule has 1 unspecified atom stereocenters.